The van der Waals surface area contributed by atoms with Crippen LogP contribution in [0, 0.1) is 16.4 Å². The highest BCUT2D eigenvalue weighted by Gasteiger charge is 2.16. The largest absolute Gasteiger partial charge is 0.309 e. The van der Waals surface area contributed by atoms with Crippen LogP contribution in [0.5, 0.6) is 0 Å². The molecule has 1 nitrogen and oxygen atoms in total. The summed E-state index contributed by atoms with van der Waals surface area (Å²) in [5.74, 6) is 0.687. The standard InChI is InChI=1S/C19H24IN/c1-13(2)11-15-8-6-9-16(12-15)19(21-4)17-10-5-7-14(3)18(17)20/h5-10,12-13,19,21H,11H2,1-4H3. The van der Waals surface area contributed by atoms with Gasteiger partial charge in [0.05, 0.1) is 6.04 Å². The van der Waals surface area contributed by atoms with Crippen molar-refractivity contribution in [1.29, 1.82) is 0 Å². The van der Waals surface area contributed by atoms with Gasteiger partial charge in [0.25, 0.3) is 0 Å². The van der Waals surface area contributed by atoms with Gasteiger partial charge in [0.2, 0.25) is 0 Å². The van der Waals surface area contributed by atoms with E-state index in [1.807, 2.05) is 7.05 Å². The van der Waals surface area contributed by atoms with E-state index in [-0.39, 0.29) is 6.04 Å². The molecule has 2 aromatic rings. The minimum atomic E-state index is 0.254. The summed E-state index contributed by atoms with van der Waals surface area (Å²) in [6, 6.07) is 15.8. The lowest BCUT2D eigenvalue weighted by molar-refractivity contribution is 0.642. The maximum atomic E-state index is 3.48. The molecule has 2 rings (SSSR count). The van der Waals surface area contributed by atoms with Gasteiger partial charge in [-0.05, 0) is 71.2 Å². The van der Waals surface area contributed by atoms with Gasteiger partial charge in [-0.1, -0.05) is 56.3 Å². The summed E-state index contributed by atoms with van der Waals surface area (Å²) in [4.78, 5) is 0. The molecule has 2 aromatic carbocycles. The summed E-state index contributed by atoms with van der Waals surface area (Å²) in [6.45, 7) is 6.71. The second-order valence-electron chi connectivity index (χ2n) is 6.04. The third-order valence-electron chi connectivity index (χ3n) is 3.75. The lowest BCUT2D eigenvalue weighted by Crippen LogP contribution is -2.19. The highest BCUT2D eigenvalue weighted by atomic mass is 127. The molecular formula is C19H24IN. The fourth-order valence-electron chi connectivity index (χ4n) is 2.77. The van der Waals surface area contributed by atoms with E-state index in [1.54, 1.807) is 0 Å². The van der Waals surface area contributed by atoms with Crippen LogP contribution in [0.1, 0.15) is 42.1 Å². The molecule has 0 aliphatic heterocycles. The molecule has 0 heterocycles. The monoisotopic (exact) mass is 393 g/mol. The summed E-state index contributed by atoms with van der Waals surface area (Å²) >= 11 is 2.46. The molecule has 21 heavy (non-hydrogen) atoms. The molecular weight excluding hydrogens is 369 g/mol. The van der Waals surface area contributed by atoms with Crippen LogP contribution >= 0.6 is 22.6 Å². The van der Waals surface area contributed by atoms with Crippen molar-refractivity contribution in [3.63, 3.8) is 0 Å². The molecule has 1 N–H and O–H groups in total. The predicted octanol–water partition coefficient (Wildman–Crippen LogP) is 5.11. The van der Waals surface area contributed by atoms with Crippen LogP contribution in [0.2, 0.25) is 0 Å². The molecule has 0 radical (unpaired) electrons. The average Bonchev–Trinajstić information content (AvgIpc) is 2.44. The van der Waals surface area contributed by atoms with E-state index >= 15 is 0 Å². The van der Waals surface area contributed by atoms with Gasteiger partial charge < -0.3 is 5.32 Å². The van der Waals surface area contributed by atoms with Crippen LogP contribution in [0.4, 0.5) is 0 Å². The second-order valence-corrected chi connectivity index (χ2v) is 7.12. The molecule has 0 saturated heterocycles. The zero-order chi connectivity index (χ0) is 15.4. The molecule has 1 atom stereocenters. The number of halogens is 1. The summed E-state index contributed by atoms with van der Waals surface area (Å²) < 4.78 is 1.35. The SMILES string of the molecule is CNC(c1cccc(CC(C)C)c1)c1cccc(C)c1I. The van der Waals surface area contributed by atoms with Crippen LogP contribution in [0.15, 0.2) is 42.5 Å². The maximum Gasteiger partial charge on any atom is 0.0584 e. The van der Waals surface area contributed by atoms with E-state index in [0.717, 1.165) is 6.42 Å². The Morgan fingerprint density at radius 3 is 2.48 bits per heavy atom. The van der Waals surface area contributed by atoms with Crippen LogP contribution in [0.25, 0.3) is 0 Å². The smallest absolute Gasteiger partial charge is 0.0584 e. The molecule has 0 spiro atoms. The Labute approximate surface area is 142 Å². The topological polar surface area (TPSA) is 12.0 Å². The van der Waals surface area contributed by atoms with Crippen molar-refractivity contribution in [2.24, 2.45) is 5.92 Å². The Kier molecular flexibility index (Phi) is 5.82. The van der Waals surface area contributed by atoms with Crippen molar-refractivity contribution in [2.75, 3.05) is 7.05 Å². The third kappa shape index (κ3) is 4.07. The van der Waals surface area contributed by atoms with Crippen molar-refractivity contribution in [3.8, 4) is 0 Å². The van der Waals surface area contributed by atoms with E-state index in [1.165, 1.54) is 25.8 Å². The van der Waals surface area contributed by atoms with Crippen molar-refractivity contribution in [2.45, 2.75) is 33.2 Å². The van der Waals surface area contributed by atoms with Crippen LogP contribution in [-0.4, -0.2) is 7.05 Å². The zero-order valence-electron chi connectivity index (χ0n) is 13.3. The molecule has 0 aliphatic carbocycles. The van der Waals surface area contributed by atoms with Crippen molar-refractivity contribution in [1.82, 2.24) is 5.32 Å². The quantitative estimate of drug-likeness (QED) is 0.697. The zero-order valence-corrected chi connectivity index (χ0v) is 15.4. The number of rotatable bonds is 5. The summed E-state index contributed by atoms with van der Waals surface area (Å²) in [6.07, 6.45) is 1.13. The predicted molar refractivity (Wildman–Crippen MR) is 99.8 cm³/mol. The Hall–Kier alpha value is -0.870. The normalized spacial score (nSPS) is 12.7. The molecule has 1 unspecified atom stereocenters. The van der Waals surface area contributed by atoms with Crippen LogP contribution in [0.3, 0.4) is 0 Å². The number of aryl methyl sites for hydroxylation is 1. The third-order valence-corrected chi connectivity index (χ3v) is 5.22. The fraction of sp³-hybridized carbons (Fsp3) is 0.368. The number of hydrogen-bond acceptors (Lipinski definition) is 1. The minimum absolute atomic E-state index is 0.254. The lowest BCUT2D eigenvalue weighted by atomic mass is 9.94. The van der Waals surface area contributed by atoms with Gasteiger partial charge in [0, 0.05) is 3.57 Å². The minimum Gasteiger partial charge on any atom is -0.309 e. The first-order valence-corrected chi connectivity index (χ1v) is 8.62. The van der Waals surface area contributed by atoms with E-state index in [0.29, 0.717) is 5.92 Å². The molecule has 0 bridgehead atoms. The van der Waals surface area contributed by atoms with Gasteiger partial charge in [0.15, 0.2) is 0 Å². The molecule has 2 heteroatoms. The molecule has 112 valence electrons. The van der Waals surface area contributed by atoms with Gasteiger partial charge in [0.1, 0.15) is 0 Å². The Morgan fingerprint density at radius 2 is 1.81 bits per heavy atom. The van der Waals surface area contributed by atoms with E-state index in [2.05, 4.69) is 91.1 Å². The van der Waals surface area contributed by atoms with Crippen molar-refractivity contribution < 1.29 is 0 Å². The van der Waals surface area contributed by atoms with Crippen LogP contribution in [-0.2, 0) is 6.42 Å². The van der Waals surface area contributed by atoms with Crippen LogP contribution < -0.4 is 5.32 Å². The average molecular weight is 393 g/mol. The van der Waals surface area contributed by atoms with Gasteiger partial charge in [-0.15, -0.1) is 0 Å². The van der Waals surface area contributed by atoms with E-state index < -0.39 is 0 Å². The van der Waals surface area contributed by atoms with Crippen molar-refractivity contribution >= 4 is 22.6 Å². The Balaban J connectivity index is 2.39. The summed E-state index contributed by atoms with van der Waals surface area (Å²) in [7, 11) is 2.04. The highest BCUT2D eigenvalue weighted by molar-refractivity contribution is 14.1. The highest BCUT2D eigenvalue weighted by Crippen LogP contribution is 2.28. The molecule has 0 aliphatic rings. The second kappa shape index (κ2) is 7.41. The number of nitrogens with one attached hydrogen (secondary N) is 1. The molecule has 0 aromatic heterocycles. The molecule has 0 saturated carbocycles. The Morgan fingerprint density at radius 1 is 1.10 bits per heavy atom. The van der Waals surface area contributed by atoms with Crippen molar-refractivity contribution in [3.05, 3.63) is 68.3 Å². The Bertz CT molecular complexity index is 604. The van der Waals surface area contributed by atoms with Gasteiger partial charge in [-0.2, -0.15) is 0 Å². The molecule has 0 amide bonds. The fourth-order valence-corrected chi connectivity index (χ4v) is 3.44. The number of hydrogen-bond donors (Lipinski definition) is 1. The maximum absolute atomic E-state index is 3.48. The van der Waals surface area contributed by atoms with E-state index in [4.69, 9.17) is 0 Å². The van der Waals surface area contributed by atoms with E-state index in [9.17, 15) is 0 Å². The summed E-state index contributed by atoms with van der Waals surface area (Å²) in [5, 5.41) is 3.48. The van der Waals surface area contributed by atoms with Gasteiger partial charge in [-0.25, -0.2) is 0 Å². The first kappa shape index (κ1) is 16.5. The first-order chi connectivity index (χ1) is 10.0. The first-order valence-electron chi connectivity index (χ1n) is 7.54. The van der Waals surface area contributed by atoms with Gasteiger partial charge in [-0.3, -0.25) is 0 Å². The molecule has 0 fully saturated rings. The summed E-state index contributed by atoms with van der Waals surface area (Å²) in [5.41, 5.74) is 5.47. The number of benzene rings is 2. The lowest BCUT2D eigenvalue weighted by Gasteiger charge is -2.20. The van der Waals surface area contributed by atoms with Gasteiger partial charge >= 0.3 is 0 Å².